The highest BCUT2D eigenvalue weighted by atomic mass is 16.5. The van der Waals surface area contributed by atoms with Gasteiger partial charge < -0.3 is 15.6 Å². The molecule has 98 valence electrons. The normalized spacial score (nSPS) is 15.6. The zero-order chi connectivity index (χ0) is 13.0. The molecule has 1 atom stereocenters. The molecule has 1 aromatic carbocycles. The number of nitrogens with two attached hydrogens (primary N) is 1. The largest absolute Gasteiger partial charge is 0.493 e. The van der Waals surface area contributed by atoms with Crippen molar-refractivity contribution in [1.29, 1.82) is 0 Å². The Labute approximate surface area is 107 Å². The maximum Gasteiger partial charge on any atom is 0.303 e. The molecule has 1 aliphatic rings. The van der Waals surface area contributed by atoms with E-state index in [9.17, 15) is 4.79 Å². The summed E-state index contributed by atoms with van der Waals surface area (Å²) in [6.07, 6.45) is 3.58. The minimum absolute atomic E-state index is 0.0865. The van der Waals surface area contributed by atoms with E-state index in [4.69, 9.17) is 15.6 Å². The van der Waals surface area contributed by atoms with Crippen LogP contribution in [0.15, 0.2) is 18.2 Å². The van der Waals surface area contributed by atoms with Crippen LogP contribution in [0.2, 0.25) is 0 Å². The fourth-order valence-corrected chi connectivity index (χ4v) is 2.25. The molecular formula is C14H19NO3. The molecule has 1 unspecified atom stereocenters. The van der Waals surface area contributed by atoms with Crippen molar-refractivity contribution in [2.24, 2.45) is 5.73 Å². The molecule has 0 spiro atoms. The third kappa shape index (κ3) is 3.23. The standard InChI is InChI=1S/C14H19NO3/c15-12(4-1-5-14(16)17)10-6-7-13-11(9-10)3-2-8-18-13/h6-7,9,12H,1-5,8,15H2,(H,16,17). The van der Waals surface area contributed by atoms with Crippen molar-refractivity contribution in [3.05, 3.63) is 29.3 Å². The van der Waals surface area contributed by atoms with Crippen LogP contribution in [-0.4, -0.2) is 17.7 Å². The molecule has 0 saturated heterocycles. The van der Waals surface area contributed by atoms with Crippen molar-refractivity contribution in [3.8, 4) is 5.75 Å². The van der Waals surface area contributed by atoms with Crippen LogP contribution in [0.25, 0.3) is 0 Å². The number of aryl methyl sites for hydroxylation is 1. The van der Waals surface area contributed by atoms with E-state index in [2.05, 4.69) is 6.07 Å². The maximum absolute atomic E-state index is 10.5. The summed E-state index contributed by atoms with van der Waals surface area (Å²) in [4.78, 5) is 10.5. The van der Waals surface area contributed by atoms with Crippen molar-refractivity contribution < 1.29 is 14.6 Å². The van der Waals surface area contributed by atoms with Gasteiger partial charge in [0.05, 0.1) is 6.61 Å². The van der Waals surface area contributed by atoms with E-state index in [0.29, 0.717) is 12.8 Å². The Hall–Kier alpha value is -1.55. The third-order valence-electron chi connectivity index (χ3n) is 3.27. The first-order valence-electron chi connectivity index (χ1n) is 6.40. The van der Waals surface area contributed by atoms with E-state index < -0.39 is 5.97 Å². The van der Waals surface area contributed by atoms with Crippen molar-refractivity contribution in [2.45, 2.75) is 38.1 Å². The first-order valence-corrected chi connectivity index (χ1v) is 6.40. The predicted octanol–water partition coefficient (Wildman–Crippen LogP) is 2.27. The fourth-order valence-electron chi connectivity index (χ4n) is 2.25. The van der Waals surface area contributed by atoms with Gasteiger partial charge in [-0.2, -0.15) is 0 Å². The number of carboxylic acid groups (broad SMARTS) is 1. The molecule has 1 aromatic rings. The molecule has 0 aromatic heterocycles. The summed E-state index contributed by atoms with van der Waals surface area (Å²) >= 11 is 0. The number of aliphatic carboxylic acids is 1. The highest BCUT2D eigenvalue weighted by Gasteiger charge is 2.13. The van der Waals surface area contributed by atoms with Crippen LogP contribution in [0.3, 0.4) is 0 Å². The van der Waals surface area contributed by atoms with Crippen LogP contribution < -0.4 is 10.5 Å². The van der Waals surface area contributed by atoms with Crippen molar-refractivity contribution in [3.63, 3.8) is 0 Å². The van der Waals surface area contributed by atoms with Gasteiger partial charge in [0.2, 0.25) is 0 Å². The minimum atomic E-state index is -0.763. The smallest absolute Gasteiger partial charge is 0.303 e. The lowest BCUT2D eigenvalue weighted by atomic mass is 9.97. The summed E-state index contributed by atoms with van der Waals surface area (Å²) in [5.41, 5.74) is 8.37. The third-order valence-corrected chi connectivity index (χ3v) is 3.27. The maximum atomic E-state index is 10.5. The fraction of sp³-hybridized carbons (Fsp3) is 0.500. The molecule has 4 nitrogen and oxygen atoms in total. The number of hydrogen-bond donors (Lipinski definition) is 2. The lowest BCUT2D eigenvalue weighted by molar-refractivity contribution is -0.137. The molecule has 18 heavy (non-hydrogen) atoms. The van der Waals surface area contributed by atoms with Gasteiger partial charge in [0.25, 0.3) is 0 Å². The van der Waals surface area contributed by atoms with Crippen LogP contribution in [0.1, 0.15) is 42.9 Å². The topological polar surface area (TPSA) is 72.6 Å². The van der Waals surface area contributed by atoms with E-state index in [-0.39, 0.29) is 12.5 Å². The average molecular weight is 249 g/mol. The molecule has 0 bridgehead atoms. The van der Waals surface area contributed by atoms with Crippen molar-refractivity contribution in [2.75, 3.05) is 6.61 Å². The van der Waals surface area contributed by atoms with E-state index >= 15 is 0 Å². The van der Waals surface area contributed by atoms with Gasteiger partial charge in [-0.15, -0.1) is 0 Å². The van der Waals surface area contributed by atoms with E-state index in [1.807, 2.05) is 12.1 Å². The van der Waals surface area contributed by atoms with E-state index in [0.717, 1.165) is 30.8 Å². The number of benzene rings is 1. The summed E-state index contributed by atoms with van der Waals surface area (Å²) in [6, 6.07) is 5.97. The summed E-state index contributed by atoms with van der Waals surface area (Å²) in [6.45, 7) is 0.789. The first kappa shape index (κ1) is 12.9. The van der Waals surface area contributed by atoms with Crippen molar-refractivity contribution in [1.82, 2.24) is 0 Å². The molecule has 1 heterocycles. The number of carbonyl (C=O) groups is 1. The molecule has 0 aliphatic carbocycles. The molecule has 2 rings (SSSR count). The molecular weight excluding hydrogens is 230 g/mol. The Bertz CT molecular complexity index is 431. The van der Waals surface area contributed by atoms with Crippen LogP contribution >= 0.6 is 0 Å². The second-order valence-corrected chi connectivity index (χ2v) is 4.71. The summed E-state index contributed by atoms with van der Waals surface area (Å²) in [7, 11) is 0. The Morgan fingerprint density at radius 3 is 3.11 bits per heavy atom. The van der Waals surface area contributed by atoms with Gasteiger partial charge in [0, 0.05) is 12.5 Å². The van der Waals surface area contributed by atoms with Crippen molar-refractivity contribution >= 4 is 5.97 Å². The van der Waals surface area contributed by atoms with Gasteiger partial charge in [0.15, 0.2) is 0 Å². The molecule has 0 radical (unpaired) electrons. The van der Waals surface area contributed by atoms with Gasteiger partial charge in [-0.1, -0.05) is 12.1 Å². The Morgan fingerprint density at radius 2 is 2.33 bits per heavy atom. The molecule has 0 amide bonds. The van der Waals surface area contributed by atoms with E-state index in [1.54, 1.807) is 0 Å². The SMILES string of the molecule is NC(CCCC(=O)O)c1ccc2c(c1)CCCO2. The van der Waals surface area contributed by atoms with Gasteiger partial charge in [0.1, 0.15) is 5.75 Å². The Morgan fingerprint density at radius 1 is 1.50 bits per heavy atom. The number of carboxylic acids is 1. The van der Waals surface area contributed by atoms with Gasteiger partial charge >= 0.3 is 5.97 Å². The lowest BCUT2D eigenvalue weighted by Crippen LogP contribution is -2.13. The molecule has 0 fully saturated rings. The average Bonchev–Trinajstić information content (AvgIpc) is 2.37. The molecule has 3 N–H and O–H groups in total. The molecule has 4 heteroatoms. The van der Waals surface area contributed by atoms with E-state index in [1.165, 1.54) is 5.56 Å². The van der Waals surface area contributed by atoms with Gasteiger partial charge in [-0.05, 0) is 42.9 Å². The summed E-state index contributed by atoms with van der Waals surface area (Å²) in [5.74, 6) is 0.198. The van der Waals surface area contributed by atoms with Crippen LogP contribution in [-0.2, 0) is 11.2 Å². The highest BCUT2D eigenvalue weighted by molar-refractivity contribution is 5.66. The number of ether oxygens (including phenoxy) is 1. The summed E-state index contributed by atoms with van der Waals surface area (Å²) in [5, 5.41) is 8.60. The molecule has 1 aliphatic heterocycles. The number of rotatable bonds is 5. The molecule has 0 saturated carbocycles. The lowest BCUT2D eigenvalue weighted by Gasteiger charge is -2.19. The first-order chi connectivity index (χ1) is 8.66. The monoisotopic (exact) mass is 249 g/mol. The Kier molecular flexibility index (Phi) is 4.20. The zero-order valence-electron chi connectivity index (χ0n) is 10.4. The second kappa shape index (κ2) is 5.87. The zero-order valence-corrected chi connectivity index (χ0v) is 10.4. The van der Waals surface area contributed by atoms with Gasteiger partial charge in [-0.3, -0.25) is 4.79 Å². The quantitative estimate of drug-likeness (QED) is 0.839. The highest BCUT2D eigenvalue weighted by Crippen LogP contribution is 2.28. The van der Waals surface area contributed by atoms with Gasteiger partial charge in [-0.25, -0.2) is 0 Å². The summed E-state index contributed by atoms with van der Waals surface area (Å²) < 4.78 is 5.55. The second-order valence-electron chi connectivity index (χ2n) is 4.71. The minimum Gasteiger partial charge on any atom is -0.493 e. The van der Waals surface area contributed by atoms with Crippen LogP contribution in [0, 0.1) is 0 Å². The van der Waals surface area contributed by atoms with Crippen LogP contribution in [0.4, 0.5) is 0 Å². The van der Waals surface area contributed by atoms with Crippen LogP contribution in [0.5, 0.6) is 5.75 Å². The Balaban J connectivity index is 1.97. The number of fused-ring (bicyclic) bond motifs is 1. The predicted molar refractivity (Wildman–Crippen MR) is 68.7 cm³/mol. The number of hydrogen-bond acceptors (Lipinski definition) is 3.